The Bertz CT molecular complexity index is 481. The van der Waals surface area contributed by atoms with E-state index in [-0.39, 0.29) is 19.2 Å². The molecule has 1 rings (SSSR count). The lowest BCUT2D eigenvalue weighted by Gasteiger charge is -2.34. The van der Waals surface area contributed by atoms with Gasteiger partial charge in [-0.2, -0.15) is 17.0 Å². The van der Waals surface area contributed by atoms with E-state index in [0.29, 0.717) is 32.4 Å². The van der Waals surface area contributed by atoms with Crippen molar-refractivity contribution >= 4 is 16.3 Å². The monoisotopic (exact) mass is 351 g/mol. The first-order valence-electron chi connectivity index (χ1n) is 7.88. The summed E-state index contributed by atoms with van der Waals surface area (Å²) in [7, 11) is -1.99. The van der Waals surface area contributed by atoms with Gasteiger partial charge in [-0.3, -0.25) is 0 Å². The van der Waals surface area contributed by atoms with Gasteiger partial charge in [-0.1, -0.05) is 0 Å². The zero-order valence-corrected chi connectivity index (χ0v) is 15.2. The molecule has 0 radical (unpaired) electrons. The first-order valence-corrected chi connectivity index (χ1v) is 9.28. The summed E-state index contributed by atoms with van der Waals surface area (Å²) in [6.45, 7) is 6.34. The summed E-state index contributed by atoms with van der Waals surface area (Å²) in [5, 5.41) is 11.6. The Labute approximate surface area is 139 Å². The fraction of sp³-hybridized carbons (Fsp3) is 0.929. The molecule has 0 aromatic carbocycles. The number of aliphatic hydroxyl groups excluding tert-OH is 1. The first-order chi connectivity index (χ1) is 10.6. The number of rotatable bonds is 6. The summed E-state index contributed by atoms with van der Waals surface area (Å²) < 4.78 is 32.6. The van der Waals surface area contributed by atoms with E-state index in [1.54, 1.807) is 20.8 Å². The summed E-state index contributed by atoms with van der Waals surface area (Å²) in [4.78, 5) is 11.7. The maximum atomic E-state index is 12.4. The molecule has 9 heteroatoms. The van der Waals surface area contributed by atoms with Crippen molar-refractivity contribution in [3.63, 3.8) is 0 Å². The maximum absolute atomic E-state index is 12.4. The van der Waals surface area contributed by atoms with Crippen LogP contribution in [0, 0.1) is 0 Å². The summed E-state index contributed by atoms with van der Waals surface area (Å²) in [6.07, 6.45) is 1.03. The average molecular weight is 351 g/mol. The molecule has 0 saturated carbocycles. The molecule has 0 spiro atoms. The van der Waals surface area contributed by atoms with Gasteiger partial charge in [-0.25, -0.2) is 4.79 Å². The third-order valence-electron chi connectivity index (χ3n) is 3.53. The minimum absolute atomic E-state index is 0.0399. The smallest absolute Gasteiger partial charge is 0.407 e. The quantitative estimate of drug-likeness (QED) is 0.727. The summed E-state index contributed by atoms with van der Waals surface area (Å²) in [5.41, 5.74) is -0.552. The number of nitrogens with one attached hydrogen (secondary N) is 1. The molecule has 0 aromatic heterocycles. The largest absolute Gasteiger partial charge is 0.444 e. The number of alkyl carbamates (subject to hydrolysis) is 1. The van der Waals surface area contributed by atoms with E-state index >= 15 is 0 Å². The van der Waals surface area contributed by atoms with Crippen LogP contribution in [0.5, 0.6) is 0 Å². The molecule has 1 saturated heterocycles. The number of nitrogens with zero attached hydrogens (tertiary/aromatic N) is 2. The fourth-order valence-corrected chi connectivity index (χ4v) is 3.74. The van der Waals surface area contributed by atoms with Crippen LogP contribution in [0.15, 0.2) is 0 Å². The Hall–Kier alpha value is -0.900. The second kappa shape index (κ2) is 8.27. The number of piperidine rings is 1. The Kier molecular flexibility index (Phi) is 7.25. The lowest BCUT2D eigenvalue weighted by molar-refractivity contribution is 0.0489. The molecule has 0 atom stereocenters. The minimum Gasteiger partial charge on any atom is -0.444 e. The van der Waals surface area contributed by atoms with Crippen molar-refractivity contribution in [3.8, 4) is 0 Å². The molecule has 136 valence electrons. The number of ether oxygens (including phenoxy) is 1. The van der Waals surface area contributed by atoms with E-state index in [1.807, 2.05) is 0 Å². The van der Waals surface area contributed by atoms with Gasteiger partial charge in [0.1, 0.15) is 5.60 Å². The van der Waals surface area contributed by atoms with Gasteiger partial charge in [0, 0.05) is 39.3 Å². The molecule has 0 aliphatic carbocycles. The second-order valence-electron chi connectivity index (χ2n) is 6.73. The molecule has 1 aliphatic heterocycles. The Balaban J connectivity index is 2.47. The van der Waals surface area contributed by atoms with Crippen molar-refractivity contribution < 1.29 is 23.1 Å². The van der Waals surface area contributed by atoms with Gasteiger partial charge in [0.25, 0.3) is 10.2 Å². The maximum Gasteiger partial charge on any atom is 0.407 e. The number of amides is 1. The molecule has 23 heavy (non-hydrogen) atoms. The SMILES string of the molecule is CN(CCCO)S(=O)(=O)N1CCC(NC(=O)OC(C)(C)C)CC1. The van der Waals surface area contributed by atoms with Crippen LogP contribution in [0.2, 0.25) is 0 Å². The predicted octanol–water partition coefficient (Wildman–Crippen LogP) is 0.535. The summed E-state index contributed by atoms with van der Waals surface area (Å²) in [6, 6.07) is -0.0842. The van der Waals surface area contributed by atoms with Crippen molar-refractivity contribution in [2.45, 2.75) is 51.7 Å². The van der Waals surface area contributed by atoms with Crippen molar-refractivity contribution in [1.82, 2.24) is 13.9 Å². The van der Waals surface area contributed by atoms with E-state index in [4.69, 9.17) is 9.84 Å². The van der Waals surface area contributed by atoms with Crippen LogP contribution in [-0.2, 0) is 14.9 Å². The van der Waals surface area contributed by atoms with Crippen LogP contribution < -0.4 is 5.32 Å². The Morgan fingerprint density at radius 2 is 1.91 bits per heavy atom. The summed E-state index contributed by atoms with van der Waals surface area (Å²) >= 11 is 0. The van der Waals surface area contributed by atoms with E-state index in [0.717, 1.165) is 0 Å². The standard InChI is InChI=1S/C14H29N3O5S/c1-14(2,3)22-13(19)15-12-6-9-17(10-7-12)23(20,21)16(4)8-5-11-18/h12,18H,5-11H2,1-4H3,(H,15,19). The molecule has 1 aliphatic rings. The van der Waals surface area contributed by atoms with E-state index < -0.39 is 21.9 Å². The molecule has 1 fully saturated rings. The van der Waals surface area contributed by atoms with E-state index in [2.05, 4.69) is 5.32 Å². The first kappa shape index (κ1) is 20.1. The lowest BCUT2D eigenvalue weighted by Crippen LogP contribution is -2.50. The van der Waals surface area contributed by atoms with E-state index in [9.17, 15) is 13.2 Å². The van der Waals surface area contributed by atoms with Crippen molar-refractivity contribution in [2.24, 2.45) is 0 Å². The van der Waals surface area contributed by atoms with Crippen LogP contribution >= 0.6 is 0 Å². The van der Waals surface area contributed by atoms with Crippen molar-refractivity contribution in [1.29, 1.82) is 0 Å². The van der Waals surface area contributed by atoms with Gasteiger partial charge in [0.15, 0.2) is 0 Å². The molecule has 0 aromatic rings. The minimum atomic E-state index is -3.50. The van der Waals surface area contributed by atoms with Gasteiger partial charge in [0.05, 0.1) is 0 Å². The third-order valence-corrected chi connectivity index (χ3v) is 5.51. The highest BCUT2D eigenvalue weighted by Gasteiger charge is 2.31. The van der Waals surface area contributed by atoms with Gasteiger partial charge < -0.3 is 15.2 Å². The Morgan fingerprint density at radius 3 is 2.39 bits per heavy atom. The molecule has 1 heterocycles. The molecular formula is C14H29N3O5S. The normalized spacial score (nSPS) is 18.2. The molecule has 1 amide bonds. The predicted molar refractivity (Wildman–Crippen MR) is 87.2 cm³/mol. The molecular weight excluding hydrogens is 322 g/mol. The van der Waals surface area contributed by atoms with Crippen molar-refractivity contribution in [3.05, 3.63) is 0 Å². The highest BCUT2D eigenvalue weighted by molar-refractivity contribution is 7.86. The number of carbonyl (C=O) groups is 1. The Morgan fingerprint density at radius 1 is 1.35 bits per heavy atom. The second-order valence-corrected chi connectivity index (χ2v) is 8.76. The number of hydrogen-bond acceptors (Lipinski definition) is 5. The zero-order chi connectivity index (χ0) is 17.7. The number of aliphatic hydroxyl groups is 1. The van der Waals surface area contributed by atoms with Gasteiger partial charge in [-0.15, -0.1) is 0 Å². The van der Waals surface area contributed by atoms with Crippen molar-refractivity contribution in [2.75, 3.05) is 33.3 Å². The molecule has 2 N–H and O–H groups in total. The molecule has 0 unspecified atom stereocenters. The average Bonchev–Trinajstić information content (AvgIpc) is 2.43. The molecule has 8 nitrogen and oxygen atoms in total. The number of hydrogen-bond donors (Lipinski definition) is 2. The molecule has 0 bridgehead atoms. The van der Waals surface area contributed by atoms with Gasteiger partial charge >= 0.3 is 6.09 Å². The van der Waals surface area contributed by atoms with Gasteiger partial charge in [-0.05, 0) is 40.0 Å². The van der Waals surface area contributed by atoms with Crippen LogP contribution in [0.1, 0.15) is 40.0 Å². The van der Waals surface area contributed by atoms with Crippen LogP contribution in [0.25, 0.3) is 0 Å². The van der Waals surface area contributed by atoms with Crippen LogP contribution in [0.3, 0.4) is 0 Å². The van der Waals surface area contributed by atoms with Crippen LogP contribution in [0.4, 0.5) is 4.79 Å². The van der Waals surface area contributed by atoms with Crippen LogP contribution in [-0.4, -0.2) is 73.2 Å². The zero-order valence-electron chi connectivity index (χ0n) is 14.4. The highest BCUT2D eigenvalue weighted by Crippen LogP contribution is 2.17. The van der Waals surface area contributed by atoms with Gasteiger partial charge in [0.2, 0.25) is 0 Å². The third kappa shape index (κ3) is 6.62. The fourth-order valence-electron chi connectivity index (χ4n) is 2.31. The summed E-state index contributed by atoms with van der Waals surface area (Å²) in [5.74, 6) is 0. The lowest BCUT2D eigenvalue weighted by atomic mass is 10.1. The topological polar surface area (TPSA) is 99.2 Å². The van der Waals surface area contributed by atoms with E-state index in [1.165, 1.54) is 15.7 Å². The number of carbonyl (C=O) groups excluding carboxylic acids is 1. The highest BCUT2D eigenvalue weighted by atomic mass is 32.2.